The summed E-state index contributed by atoms with van der Waals surface area (Å²) < 4.78 is 0. The fourth-order valence-electron chi connectivity index (χ4n) is 3.40. The van der Waals surface area contributed by atoms with E-state index in [-0.39, 0.29) is 17.1 Å². The van der Waals surface area contributed by atoms with Gasteiger partial charge in [0.1, 0.15) is 5.75 Å². The Morgan fingerprint density at radius 1 is 0.964 bits per heavy atom. The van der Waals surface area contributed by atoms with Gasteiger partial charge in [0.2, 0.25) is 0 Å². The van der Waals surface area contributed by atoms with E-state index in [1.165, 1.54) is 6.08 Å². The minimum absolute atomic E-state index is 0.0305. The summed E-state index contributed by atoms with van der Waals surface area (Å²) in [4.78, 5) is 23.9. The molecule has 28 heavy (non-hydrogen) atoms. The second-order valence-corrected chi connectivity index (χ2v) is 6.60. The fraction of sp³-hybridized carbons (Fsp3) is 0.167. The number of carbonyl (C=O) groups excluding carboxylic acids is 1. The number of aromatic hydroxyl groups is 1. The molecule has 2 N–H and O–H groups in total. The van der Waals surface area contributed by atoms with Gasteiger partial charge in [0.05, 0.1) is 5.56 Å². The van der Waals surface area contributed by atoms with Gasteiger partial charge in [-0.2, -0.15) is 0 Å². The van der Waals surface area contributed by atoms with Gasteiger partial charge in [-0.05, 0) is 76.6 Å². The normalized spacial score (nSPS) is 15.4. The Morgan fingerprint density at radius 2 is 1.68 bits per heavy atom. The third-order valence-electron chi connectivity index (χ3n) is 4.91. The lowest BCUT2D eigenvalue weighted by Gasteiger charge is -2.18. The first-order valence-corrected chi connectivity index (χ1v) is 9.28. The largest absolute Gasteiger partial charge is 0.508 e. The predicted molar refractivity (Wildman–Crippen MR) is 109 cm³/mol. The van der Waals surface area contributed by atoms with Crippen molar-refractivity contribution < 1.29 is 19.8 Å². The molecule has 3 rings (SSSR count). The summed E-state index contributed by atoms with van der Waals surface area (Å²) in [6, 6.07) is 12.1. The summed E-state index contributed by atoms with van der Waals surface area (Å²) in [5.74, 6) is -0.836. The van der Waals surface area contributed by atoms with E-state index in [2.05, 4.69) is 0 Å². The maximum absolute atomic E-state index is 12.1. The molecule has 1 aliphatic carbocycles. The van der Waals surface area contributed by atoms with E-state index in [0.29, 0.717) is 24.0 Å². The van der Waals surface area contributed by atoms with E-state index in [9.17, 15) is 19.8 Å². The molecule has 0 bridgehead atoms. The van der Waals surface area contributed by atoms with Gasteiger partial charge in [0.25, 0.3) is 0 Å². The van der Waals surface area contributed by atoms with Crippen molar-refractivity contribution in [1.82, 2.24) is 0 Å². The number of carboxylic acids is 1. The van der Waals surface area contributed by atoms with Crippen LogP contribution in [0.5, 0.6) is 5.75 Å². The van der Waals surface area contributed by atoms with Crippen LogP contribution in [0.3, 0.4) is 0 Å². The lowest BCUT2D eigenvalue weighted by Crippen LogP contribution is -2.07. The molecule has 0 spiro atoms. The highest BCUT2D eigenvalue weighted by Crippen LogP contribution is 2.35. The molecule has 0 radical (unpaired) electrons. The molecule has 142 valence electrons. The van der Waals surface area contributed by atoms with Gasteiger partial charge in [-0.3, -0.25) is 4.79 Å². The fourth-order valence-corrected chi connectivity index (χ4v) is 3.40. The molecule has 0 atom stereocenters. The monoisotopic (exact) mass is 374 g/mol. The smallest absolute Gasteiger partial charge is 0.336 e. The first-order chi connectivity index (χ1) is 13.5. The molecule has 4 nitrogen and oxygen atoms in total. The van der Waals surface area contributed by atoms with Gasteiger partial charge in [-0.15, -0.1) is 0 Å². The van der Waals surface area contributed by atoms with E-state index in [1.54, 1.807) is 42.5 Å². The number of hydrogen-bond donors (Lipinski definition) is 2. The molecule has 1 aliphatic rings. The van der Waals surface area contributed by atoms with Crippen LogP contribution < -0.4 is 0 Å². The number of aryl methyl sites for hydroxylation is 1. The second kappa shape index (κ2) is 8.09. The van der Waals surface area contributed by atoms with Gasteiger partial charge in [-0.25, -0.2) is 4.79 Å². The summed E-state index contributed by atoms with van der Waals surface area (Å²) in [6.07, 6.45) is 6.32. The highest BCUT2D eigenvalue weighted by molar-refractivity contribution is 6.08. The van der Waals surface area contributed by atoms with E-state index in [1.807, 2.05) is 26.0 Å². The molecular formula is C24H22O4. The van der Waals surface area contributed by atoms with Crippen molar-refractivity contribution in [2.45, 2.75) is 26.7 Å². The second-order valence-electron chi connectivity index (χ2n) is 6.60. The van der Waals surface area contributed by atoms with Gasteiger partial charge in [0, 0.05) is 0 Å². The minimum Gasteiger partial charge on any atom is -0.508 e. The highest BCUT2D eigenvalue weighted by Gasteiger charge is 2.20. The Bertz CT molecular complexity index is 1040. The van der Waals surface area contributed by atoms with E-state index < -0.39 is 5.97 Å². The lowest BCUT2D eigenvalue weighted by molar-refractivity contribution is -0.111. The molecule has 0 saturated carbocycles. The number of ketones is 1. The van der Waals surface area contributed by atoms with Gasteiger partial charge in [0.15, 0.2) is 5.78 Å². The standard InChI is InChI=1S/C24H22O4/c1-3-15-13-17(9-11-21(15)25)23(18-10-12-22(26)16(4-2)14-18)19-7-5-6-8-20(19)24(27)28/h5-14,25H,3-4H2,1-2H3,(H,27,28)/b23-18-. The Balaban J connectivity index is 2.35. The topological polar surface area (TPSA) is 74.6 Å². The maximum Gasteiger partial charge on any atom is 0.336 e. The first-order valence-electron chi connectivity index (χ1n) is 9.28. The Kier molecular flexibility index (Phi) is 5.59. The van der Waals surface area contributed by atoms with Crippen molar-refractivity contribution in [2.24, 2.45) is 0 Å². The summed E-state index contributed by atoms with van der Waals surface area (Å²) in [5.41, 5.74) is 4.51. The van der Waals surface area contributed by atoms with Crippen molar-refractivity contribution in [3.63, 3.8) is 0 Å². The Labute approximate surface area is 164 Å². The van der Waals surface area contributed by atoms with Crippen LogP contribution in [0.1, 0.15) is 47.3 Å². The molecule has 0 aliphatic heterocycles. The zero-order valence-corrected chi connectivity index (χ0v) is 15.9. The van der Waals surface area contributed by atoms with Crippen LogP contribution in [-0.2, 0) is 11.2 Å². The third kappa shape index (κ3) is 3.67. The number of rotatable bonds is 5. The van der Waals surface area contributed by atoms with Crippen LogP contribution in [0.25, 0.3) is 5.57 Å². The van der Waals surface area contributed by atoms with Crippen molar-refractivity contribution in [3.05, 3.63) is 94.1 Å². The number of hydrogen-bond acceptors (Lipinski definition) is 3. The van der Waals surface area contributed by atoms with Crippen LogP contribution in [0.4, 0.5) is 0 Å². The van der Waals surface area contributed by atoms with Crippen LogP contribution in [0, 0.1) is 0 Å². The maximum atomic E-state index is 12.1. The molecule has 0 heterocycles. The molecular weight excluding hydrogens is 352 g/mol. The zero-order chi connectivity index (χ0) is 20.3. The van der Waals surface area contributed by atoms with Crippen LogP contribution in [0.15, 0.2) is 71.8 Å². The molecule has 2 aromatic rings. The number of aromatic carboxylic acids is 1. The molecule has 0 fully saturated rings. The number of allylic oxidation sites excluding steroid dienone is 5. The molecule has 0 amide bonds. The van der Waals surface area contributed by atoms with Crippen molar-refractivity contribution in [3.8, 4) is 5.75 Å². The van der Waals surface area contributed by atoms with Crippen LogP contribution >= 0.6 is 0 Å². The average Bonchev–Trinajstić information content (AvgIpc) is 2.70. The van der Waals surface area contributed by atoms with E-state index >= 15 is 0 Å². The Hall–Kier alpha value is -3.40. The average molecular weight is 374 g/mol. The third-order valence-corrected chi connectivity index (χ3v) is 4.91. The lowest BCUT2D eigenvalue weighted by atomic mass is 9.86. The summed E-state index contributed by atoms with van der Waals surface area (Å²) >= 11 is 0. The summed E-state index contributed by atoms with van der Waals surface area (Å²) in [6.45, 7) is 3.87. The summed E-state index contributed by atoms with van der Waals surface area (Å²) in [7, 11) is 0. The predicted octanol–water partition coefficient (Wildman–Crippen LogP) is 4.93. The van der Waals surface area contributed by atoms with Crippen LogP contribution in [-0.4, -0.2) is 22.0 Å². The van der Waals surface area contributed by atoms with Gasteiger partial charge in [-0.1, -0.05) is 44.2 Å². The quantitative estimate of drug-likeness (QED) is 0.778. The molecule has 0 unspecified atom stereocenters. The molecule has 2 aromatic carbocycles. The first kappa shape index (κ1) is 19.4. The van der Waals surface area contributed by atoms with Crippen molar-refractivity contribution in [2.75, 3.05) is 0 Å². The molecule has 0 aromatic heterocycles. The zero-order valence-electron chi connectivity index (χ0n) is 15.9. The van der Waals surface area contributed by atoms with E-state index in [4.69, 9.17) is 0 Å². The number of phenols is 1. The van der Waals surface area contributed by atoms with Gasteiger partial charge >= 0.3 is 5.97 Å². The van der Waals surface area contributed by atoms with Crippen LogP contribution in [0.2, 0.25) is 0 Å². The molecule has 0 saturated heterocycles. The Morgan fingerprint density at radius 3 is 2.32 bits per heavy atom. The van der Waals surface area contributed by atoms with Gasteiger partial charge < -0.3 is 10.2 Å². The van der Waals surface area contributed by atoms with Crippen molar-refractivity contribution >= 4 is 17.3 Å². The molecule has 4 heteroatoms. The van der Waals surface area contributed by atoms with Crippen molar-refractivity contribution in [1.29, 1.82) is 0 Å². The SMILES string of the molecule is CCC1=C/C(=C(/c2ccc(O)c(CC)c2)c2ccccc2C(=O)O)C=CC1=O. The number of benzene rings is 2. The number of carboxylic acid groups (broad SMARTS) is 1. The minimum atomic E-state index is -1.02. The highest BCUT2D eigenvalue weighted by atomic mass is 16.4. The van der Waals surface area contributed by atoms with E-state index in [0.717, 1.165) is 22.3 Å². The summed E-state index contributed by atoms with van der Waals surface area (Å²) in [5, 5.41) is 19.8. The number of carbonyl (C=O) groups is 2. The number of phenolic OH excluding ortho intramolecular Hbond substituents is 1.